The molecule has 1 N–H and O–H groups in total. The molecule has 0 fully saturated rings. The number of benzene rings is 2. The predicted molar refractivity (Wildman–Crippen MR) is 106 cm³/mol. The number of pyridine rings is 1. The van der Waals surface area contributed by atoms with Gasteiger partial charge in [0.15, 0.2) is 0 Å². The van der Waals surface area contributed by atoms with E-state index in [1.807, 2.05) is 18.2 Å². The number of nitro benzene ring substituents is 1. The van der Waals surface area contributed by atoms with E-state index < -0.39 is 10.7 Å². The molecule has 4 rings (SSSR count). The summed E-state index contributed by atoms with van der Waals surface area (Å²) >= 11 is 0. The summed E-state index contributed by atoms with van der Waals surface area (Å²) < 4.78 is 13.7. The van der Waals surface area contributed by atoms with E-state index in [1.165, 1.54) is 17.8 Å². The Hall–Kier alpha value is -3.61. The van der Waals surface area contributed by atoms with Crippen LogP contribution in [0.25, 0.3) is 11.3 Å². The van der Waals surface area contributed by atoms with Gasteiger partial charge < -0.3 is 5.32 Å². The molecule has 3 aromatic rings. The minimum atomic E-state index is -0.610. The lowest BCUT2D eigenvalue weighted by Crippen LogP contribution is -2.31. The fourth-order valence-electron chi connectivity index (χ4n) is 3.74. The number of amides is 1. The molecule has 29 heavy (non-hydrogen) atoms. The van der Waals surface area contributed by atoms with Gasteiger partial charge in [-0.2, -0.15) is 0 Å². The standard InChI is InChI=1S/C22H18FN3O3/c23-16-8-9-21(26(28)29)18(13-16)20-12-15(10-11-24-20)22(27)25-19-7-3-5-14-4-1-2-6-17(14)19/h1-2,4,6,8-13,19H,3,5,7H2,(H,25,27). The molecule has 1 aliphatic rings. The van der Waals surface area contributed by atoms with E-state index in [0.717, 1.165) is 43.0 Å². The number of hydrogen-bond donors (Lipinski definition) is 1. The average molecular weight is 391 g/mol. The van der Waals surface area contributed by atoms with E-state index in [-0.39, 0.29) is 28.9 Å². The molecule has 2 aromatic carbocycles. The molecule has 1 heterocycles. The van der Waals surface area contributed by atoms with Crippen molar-refractivity contribution >= 4 is 11.6 Å². The Kier molecular flexibility index (Phi) is 5.03. The summed E-state index contributed by atoms with van der Waals surface area (Å²) in [7, 11) is 0. The number of aryl methyl sites for hydroxylation is 1. The molecule has 1 unspecified atom stereocenters. The maximum atomic E-state index is 13.7. The molecule has 7 heteroatoms. The number of carbonyl (C=O) groups excluding carboxylic acids is 1. The van der Waals surface area contributed by atoms with Gasteiger partial charge in [-0.25, -0.2) is 4.39 Å². The van der Waals surface area contributed by atoms with Crippen LogP contribution in [-0.2, 0) is 6.42 Å². The van der Waals surface area contributed by atoms with Crippen LogP contribution in [0.5, 0.6) is 0 Å². The molecule has 1 amide bonds. The van der Waals surface area contributed by atoms with Crippen molar-refractivity contribution in [2.45, 2.75) is 25.3 Å². The maximum Gasteiger partial charge on any atom is 0.278 e. The molecule has 6 nitrogen and oxygen atoms in total. The number of fused-ring (bicyclic) bond motifs is 1. The highest BCUT2D eigenvalue weighted by Crippen LogP contribution is 2.31. The largest absolute Gasteiger partial charge is 0.345 e. The Morgan fingerprint density at radius 2 is 2.00 bits per heavy atom. The van der Waals surface area contributed by atoms with Gasteiger partial charge in [0.25, 0.3) is 11.6 Å². The normalized spacial score (nSPS) is 15.4. The molecule has 0 saturated carbocycles. The Morgan fingerprint density at radius 3 is 2.83 bits per heavy atom. The smallest absolute Gasteiger partial charge is 0.278 e. The highest BCUT2D eigenvalue weighted by atomic mass is 19.1. The highest BCUT2D eigenvalue weighted by Gasteiger charge is 2.23. The van der Waals surface area contributed by atoms with Crippen LogP contribution in [0.1, 0.15) is 40.4 Å². The lowest BCUT2D eigenvalue weighted by Gasteiger charge is -2.26. The second kappa shape index (κ2) is 7.79. The molecule has 146 valence electrons. The van der Waals surface area contributed by atoms with Crippen molar-refractivity contribution in [2.24, 2.45) is 0 Å². The second-order valence-electron chi connectivity index (χ2n) is 6.97. The van der Waals surface area contributed by atoms with Crippen molar-refractivity contribution in [1.82, 2.24) is 10.3 Å². The molecule has 1 aromatic heterocycles. The number of hydrogen-bond acceptors (Lipinski definition) is 4. The van der Waals surface area contributed by atoms with Gasteiger partial charge in [-0.05, 0) is 54.7 Å². The summed E-state index contributed by atoms with van der Waals surface area (Å²) in [5.74, 6) is -0.907. The summed E-state index contributed by atoms with van der Waals surface area (Å²) in [5.41, 5.74) is 2.60. The number of carbonyl (C=O) groups is 1. The first kappa shape index (κ1) is 18.7. The van der Waals surface area contributed by atoms with E-state index in [2.05, 4.69) is 16.4 Å². The zero-order chi connectivity index (χ0) is 20.4. The topological polar surface area (TPSA) is 85.1 Å². The van der Waals surface area contributed by atoms with E-state index >= 15 is 0 Å². The molecule has 0 aliphatic heterocycles. The third kappa shape index (κ3) is 3.85. The molecule has 0 spiro atoms. The fourth-order valence-corrected chi connectivity index (χ4v) is 3.74. The van der Waals surface area contributed by atoms with Gasteiger partial charge in [0.2, 0.25) is 0 Å². The zero-order valence-electron chi connectivity index (χ0n) is 15.5. The number of nitro groups is 1. The number of nitrogens with zero attached hydrogens (tertiary/aromatic N) is 2. The SMILES string of the molecule is O=C(NC1CCCc2ccccc21)c1ccnc(-c2cc(F)ccc2[N+](=O)[O-])c1. The van der Waals surface area contributed by atoms with Crippen molar-refractivity contribution in [3.05, 3.63) is 93.4 Å². The van der Waals surface area contributed by atoms with E-state index in [9.17, 15) is 19.3 Å². The highest BCUT2D eigenvalue weighted by molar-refractivity contribution is 5.95. The number of aromatic nitrogens is 1. The van der Waals surface area contributed by atoms with Crippen molar-refractivity contribution < 1.29 is 14.1 Å². The fraction of sp³-hybridized carbons (Fsp3) is 0.182. The van der Waals surface area contributed by atoms with Gasteiger partial charge in [-0.3, -0.25) is 19.9 Å². The minimum absolute atomic E-state index is 0.0349. The number of rotatable bonds is 4. The Morgan fingerprint density at radius 1 is 1.17 bits per heavy atom. The number of halogens is 1. The maximum absolute atomic E-state index is 13.7. The molecule has 1 aliphatic carbocycles. The van der Waals surface area contributed by atoms with Gasteiger partial charge in [0.1, 0.15) is 5.82 Å². The van der Waals surface area contributed by atoms with E-state index in [0.29, 0.717) is 5.56 Å². The van der Waals surface area contributed by atoms with Gasteiger partial charge in [0, 0.05) is 17.8 Å². The van der Waals surface area contributed by atoms with Crippen molar-refractivity contribution in [1.29, 1.82) is 0 Å². The van der Waals surface area contributed by atoms with Crippen LogP contribution in [0.2, 0.25) is 0 Å². The Balaban J connectivity index is 1.63. The van der Waals surface area contributed by atoms with Gasteiger partial charge in [-0.1, -0.05) is 24.3 Å². The van der Waals surface area contributed by atoms with Crippen LogP contribution in [-0.4, -0.2) is 15.8 Å². The van der Waals surface area contributed by atoms with Crippen molar-refractivity contribution in [2.75, 3.05) is 0 Å². The average Bonchev–Trinajstić information content (AvgIpc) is 2.74. The van der Waals surface area contributed by atoms with Gasteiger partial charge >= 0.3 is 0 Å². The van der Waals surface area contributed by atoms with E-state index in [4.69, 9.17) is 0 Å². The summed E-state index contributed by atoms with van der Waals surface area (Å²) in [6.07, 6.45) is 4.22. The molecular formula is C22H18FN3O3. The van der Waals surface area contributed by atoms with Crippen LogP contribution >= 0.6 is 0 Å². The third-order valence-electron chi connectivity index (χ3n) is 5.13. The second-order valence-corrected chi connectivity index (χ2v) is 6.97. The zero-order valence-corrected chi connectivity index (χ0v) is 15.5. The first-order valence-electron chi connectivity index (χ1n) is 9.32. The van der Waals surface area contributed by atoms with Crippen molar-refractivity contribution in [3.8, 4) is 11.3 Å². The third-order valence-corrected chi connectivity index (χ3v) is 5.13. The molecule has 0 radical (unpaired) electrons. The summed E-state index contributed by atoms with van der Waals surface area (Å²) in [5, 5.41) is 14.3. The van der Waals surface area contributed by atoms with Crippen LogP contribution in [0, 0.1) is 15.9 Å². The van der Waals surface area contributed by atoms with Crippen LogP contribution in [0.15, 0.2) is 60.8 Å². The summed E-state index contributed by atoms with van der Waals surface area (Å²) in [4.78, 5) is 27.6. The molecular weight excluding hydrogens is 373 g/mol. The Labute approximate surface area is 166 Å². The van der Waals surface area contributed by atoms with E-state index in [1.54, 1.807) is 6.07 Å². The van der Waals surface area contributed by atoms with Crippen LogP contribution in [0.4, 0.5) is 10.1 Å². The summed E-state index contributed by atoms with van der Waals surface area (Å²) in [6, 6.07) is 14.1. The molecule has 0 bridgehead atoms. The molecule has 1 atom stereocenters. The predicted octanol–water partition coefficient (Wildman–Crippen LogP) is 4.60. The first-order chi connectivity index (χ1) is 14.0. The van der Waals surface area contributed by atoms with Gasteiger partial charge in [-0.15, -0.1) is 0 Å². The molecule has 0 saturated heterocycles. The van der Waals surface area contributed by atoms with Crippen LogP contribution in [0.3, 0.4) is 0 Å². The van der Waals surface area contributed by atoms with Crippen LogP contribution < -0.4 is 5.32 Å². The van der Waals surface area contributed by atoms with Gasteiger partial charge in [0.05, 0.1) is 22.2 Å². The Bertz CT molecular complexity index is 1100. The summed E-state index contributed by atoms with van der Waals surface area (Å²) in [6.45, 7) is 0. The number of nitrogens with one attached hydrogen (secondary N) is 1. The van der Waals surface area contributed by atoms with Crippen molar-refractivity contribution in [3.63, 3.8) is 0 Å². The minimum Gasteiger partial charge on any atom is -0.345 e. The first-order valence-corrected chi connectivity index (χ1v) is 9.32. The monoisotopic (exact) mass is 391 g/mol. The quantitative estimate of drug-likeness (QED) is 0.520. The lowest BCUT2D eigenvalue weighted by molar-refractivity contribution is -0.384. The lowest BCUT2D eigenvalue weighted by atomic mass is 9.87.